The second-order valence-corrected chi connectivity index (χ2v) is 11.1. The van der Waals surface area contributed by atoms with Crippen molar-refractivity contribution < 1.29 is 23.9 Å². The van der Waals surface area contributed by atoms with Crippen LogP contribution in [-0.2, 0) is 14.3 Å². The third kappa shape index (κ3) is 5.53. The second kappa shape index (κ2) is 11.3. The number of esters is 1. The van der Waals surface area contributed by atoms with Gasteiger partial charge in [0.2, 0.25) is 0 Å². The molecule has 2 aromatic carbocycles. The number of aryl methyl sites for hydroxylation is 2. The van der Waals surface area contributed by atoms with Crippen LogP contribution in [0, 0.1) is 19.8 Å². The maximum Gasteiger partial charge on any atom is 0.329 e. The highest BCUT2D eigenvalue weighted by Crippen LogP contribution is 2.45. The van der Waals surface area contributed by atoms with Crippen molar-refractivity contribution in [2.24, 2.45) is 5.92 Å². The maximum atomic E-state index is 13.2. The molecule has 1 atom stereocenters. The number of imide groups is 1. The number of nitrogens with zero attached hydrogens (tertiary/aromatic N) is 1. The maximum absolute atomic E-state index is 13.2. The zero-order valence-electron chi connectivity index (χ0n) is 19.6. The van der Waals surface area contributed by atoms with E-state index in [1.807, 2.05) is 19.9 Å². The van der Waals surface area contributed by atoms with Crippen molar-refractivity contribution >= 4 is 91.7 Å². The number of amides is 3. The van der Waals surface area contributed by atoms with Crippen molar-refractivity contribution in [3.63, 3.8) is 0 Å². The Balaban J connectivity index is 1.82. The molecule has 0 spiro atoms. The molecule has 0 radical (unpaired) electrons. The van der Waals surface area contributed by atoms with E-state index in [9.17, 15) is 19.2 Å². The fraction of sp³-hybridized carbons (Fsp3) is 0.333. The first-order chi connectivity index (χ1) is 16.8. The van der Waals surface area contributed by atoms with Gasteiger partial charge in [-0.25, -0.2) is 4.79 Å². The van der Waals surface area contributed by atoms with Gasteiger partial charge in [-0.3, -0.25) is 19.3 Å². The van der Waals surface area contributed by atoms with Gasteiger partial charge in [0.15, 0.2) is 6.61 Å². The van der Waals surface area contributed by atoms with Crippen LogP contribution in [0.25, 0.3) is 0 Å². The minimum absolute atomic E-state index is 0.0770. The quantitative estimate of drug-likeness (QED) is 0.155. The number of nitrogens with one attached hydrogen (secondary N) is 1. The number of ether oxygens (including phenoxy) is 1. The average Bonchev–Trinajstić information content (AvgIpc) is 3.06. The Morgan fingerprint density at radius 1 is 0.944 bits per heavy atom. The van der Waals surface area contributed by atoms with Crippen LogP contribution in [0.4, 0.5) is 5.69 Å². The van der Waals surface area contributed by atoms with Crippen LogP contribution in [-0.4, -0.2) is 41.2 Å². The Labute approximate surface area is 236 Å². The molecule has 1 N–H and O–H groups in total. The summed E-state index contributed by atoms with van der Waals surface area (Å²) < 4.78 is 6.12. The van der Waals surface area contributed by atoms with Crippen molar-refractivity contribution in [3.8, 4) is 0 Å². The molecule has 0 fully saturated rings. The molecule has 0 unspecified atom stereocenters. The number of halogens is 5. The van der Waals surface area contributed by atoms with Gasteiger partial charge in [-0.1, -0.05) is 76.2 Å². The van der Waals surface area contributed by atoms with E-state index < -0.39 is 36.3 Å². The van der Waals surface area contributed by atoms with Crippen LogP contribution in [0.5, 0.6) is 0 Å². The largest absolute Gasteiger partial charge is 0.454 e. The first-order valence-electron chi connectivity index (χ1n) is 10.7. The molecule has 1 aliphatic rings. The van der Waals surface area contributed by atoms with E-state index in [1.165, 1.54) is 0 Å². The minimum atomic E-state index is -1.33. The van der Waals surface area contributed by atoms with Gasteiger partial charge in [0.1, 0.15) is 6.04 Å². The van der Waals surface area contributed by atoms with E-state index in [0.29, 0.717) is 5.69 Å². The smallest absolute Gasteiger partial charge is 0.329 e. The monoisotopic (exact) mass is 636 g/mol. The lowest BCUT2D eigenvalue weighted by atomic mass is 10.0. The Bertz CT molecular complexity index is 1250. The summed E-state index contributed by atoms with van der Waals surface area (Å²) in [7, 11) is 0. The highest BCUT2D eigenvalue weighted by Gasteiger charge is 2.47. The topological polar surface area (TPSA) is 92.8 Å². The van der Waals surface area contributed by atoms with Crippen LogP contribution in [0.2, 0.25) is 20.1 Å². The molecule has 0 aromatic heterocycles. The second-order valence-electron chi connectivity index (χ2n) is 8.70. The lowest BCUT2D eigenvalue weighted by Gasteiger charge is -2.26. The van der Waals surface area contributed by atoms with Crippen LogP contribution >= 0.6 is 62.3 Å². The fourth-order valence-corrected chi connectivity index (χ4v) is 5.21. The van der Waals surface area contributed by atoms with Gasteiger partial charge in [0, 0.05) is 10.2 Å². The molecular formula is C24H21BrCl4N2O5. The summed E-state index contributed by atoms with van der Waals surface area (Å²) in [6.45, 7) is 6.68. The molecule has 7 nitrogen and oxygen atoms in total. The van der Waals surface area contributed by atoms with Gasteiger partial charge in [-0.05, 0) is 49.4 Å². The van der Waals surface area contributed by atoms with E-state index in [-0.39, 0.29) is 43.6 Å². The molecule has 1 heterocycles. The predicted octanol–water partition coefficient (Wildman–Crippen LogP) is 6.87. The zero-order valence-corrected chi connectivity index (χ0v) is 24.2. The number of hydrogen-bond acceptors (Lipinski definition) is 5. The van der Waals surface area contributed by atoms with Gasteiger partial charge in [-0.15, -0.1) is 0 Å². The number of benzene rings is 2. The normalized spacial score (nSPS) is 13.8. The molecule has 0 bridgehead atoms. The van der Waals surface area contributed by atoms with Crippen LogP contribution in [0.1, 0.15) is 52.1 Å². The molecule has 3 rings (SSSR count). The Morgan fingerprint density at radius 3 is 1.97 bits per heavy atom. The Morgan fingerprint density at radius 2 is 1.47 bits per heavy atom. The van der Waals surface area contributed by atoms with E-state index in [4.69, 9.17) is 51.1 Å². The molecule has 36 heavy (non-hydrogen) atoms. The number of hydrogen-bond donors (Lipinski definition) is 1. The lowest BCUT2D eigenvalue weighted by molar-refractivity contribution is -0.151. The van der Waals surface area contributed by atoms with Crippen molar-refractivity contribution in [3.05, 3.63) is 58.9 Å². The summed E-state index contributed by atoms with van der Waals surface area (Å²) in [5.41, 5.74) is 1.81. The molecule has 0 saturated heterocycles. The number of anilines is 1. The summed E-state index contributed by atoms with van der Waals surface area (Å²) >= 11 is 28.0. The number of carbonyl (C=O) groups is 4. The summed E-state index contributed by atoms with van der Waals surface area (Å²) in [4.78, 5) is 52.7. The first kappa shape index (κ1) is 28.7. The van der Waals surface area contributed by atoms with E-state index in [0.717, 1.165) is 20.5 Å². The molecule has 2 aromatic rings. The van der Waals surface area contributed by atoms with Crippen LogP contribution in [0.3, 0.4) is 0 Å². The van der Waals surface area contributed by atoms with Crippen molar-refractivity contribution in [2.45, 2.75) is 40.2 Å². The first-order valence-corrected chi connectivity index (χ1v) is 13.0. The summed E-state index contributed by atoms with van der Waals surface area (Å²) in [5.74, 6) is -3.33. The van der Waals surface area contributed by atoms with E-state index >= 15 is 0 Å². The zero-order chi connectivity index (χ0) is 27.1. The molecule has 1 aliphatic heterocycles. The van der Waals surface area contributed by atoms with Gasteiger partial charge in [0.05, 0.1) is 31.2 Å². The van der Waals surface area contributed by atoms with Crippen molar-refractivity contribution in [1.82, 2.24) is 4.90 Å². The van der Waals surface area contributed by atoms with Crippen LogP contribution in [0.15, 0.2) is 16.6 Å². The fourth-order valence-electron chi connectivity index (χ4n) is 3.74. The SMILES string of the molecule is Cc1cc(NC(=O)COC(=O)[C@H](CC(C)C)N2C(=O)c3c(Cl)c(Cl)c(Cl)c(Cl)c3C2=O)c(C)cc1Br. The van der Waals surface area contributed by atoms with Gasteiger partial charge in [0.25, 0.3) is 17.7 Å². The molecule has 0 aliphatic carbocycles. The Kier molecular flexibility index (Phi) is 8.99. The van der Waals surface area contributed by atoms with Gasteiger partial charge in [-0.2, -0.15) is 0 Å². The summed E-state index contributed by atoms with van der Waals surface area (Å²) in [5, 5.41) is 1.86. The van der Waals surface area contributed by atoms with Gasteiger partial charge >= 0.3 is 5.97 Å². The van der Waals surface area contributed by atoms with Crippen molar-refractivity contribution in [1.29, 1.82) is 0 Å². The van der Waals surface area contributed by atoms with E-state index in [2.05, 4.69) is 21.2 Å². The predicted molar refractivity (Wildman–Crippen MR) is 143 cm³/mol. The van der Waals surface area contributed by atoms with Crippen molar-refractivity contribution in [2.75, 3.05) is 11.9 Å². The highest BCUT2D eigenvalue weighted by molar-refractivity contribution is 9.10. The third-order valence-electron chi connectivity index (χ3n) is 5.54. The molecule has 3 amide bonds. The number of carbonyl (C=O) groups excluding carboxylic acids is 4. The minimum Gasteiger partial charge on any atom is -0.454 e. The molecule has 192 valence electrons. The highest BCUT2D eigenvalue weighted by atomic mass is 79.9. The molecule has 0 saturated carbocycles. The number of fused-ring (bicyclic) bond motifs is 1. The van der Waals surface area contributed by atoms with E-state index in [1.54, 1.807) is 19.9 Å². The molecule has 12 heteroatoms. The third-order valence-corrected chi connectivity index (χ3v) is 8.19. The summed E-state index contributed by atoms with van der Waals surface area (Å²) in [6, 6.07) is 2.31. The molecular weight excluding hydrogens is 618 g/mol. The lowest BCUT2D eigenvalue weighted by Crippen LogP contribution is -2.47. The average molecular weight is 639 g/mol. The summed E-state index contributed by atoms with van der Waals surface area (Å²) in [6.07, 6.45) is 0.0770. The Hall–Kier alpha value is -1.84. The van der Waals surface area contributed by atoms with Crippen LogP contribution < -0.4 is 5.32 Å². The standard InChI is InChI=1S/C24H21BrCl4N2O5/c1-9(2)5-14(24(35)36-8-15(32)30-13-7-10(3)12(25)6-11(13)4)31-22(33)16-17(23(31)34)19(27)21(29)20(28)18(16)26/h6-7,9,14H,5,8H2,1-4H3,(H,30,32)/t14-/m0/s1. The number of rotatable bonds is 7. The van der Waals surface area contributed by atoms with Gasteiger partial charge < -0.3 is 10.1 Å².